The number of fused-ring (bicyclic) bond motifs is 1. The van der Waals surface area contributed by atoms with Crippen LogP contribution in [-0.2, 0) is 12.7 Å². The summed E-state index contributed by atoms with van der Waals surface area (Å²) in [7, 11) is 2.75. The first-order valence-corrected chi connectivity index (χ1v) is 11.7. The highest BCUT2D eigenvalue weighted by Gasteiger charge is 2.40. The summed E-state index contributed by atoms with van der Waals surface area (Å²) in [6.45, 7) is 9.60. The highest BCUT2D eigenvalue weighted by molar-refractivity contribution is 5.87. The van der Waals surface area contributed by atoms with Crippen molar-refractivity contribution in [1.29, 1.82) is 0 Å². The summed E-state index contributed by atoms with van der Waals surface area (Å²) < 4.78 is 58.6. The van der Waals surface area contributed by atoms with Crippen molar-refractivity contribution in [3.8, 4) is 28.4 Å². The van der Waals surface area contributed by atoms with Crippen LogP contribution in [0.4, 0.5) is 13.2 Å². The van der Waals surface area contributed by atoms with Crippen molar-refractivity contribution >= 4 is 11.0 Å². The maximum atomic E-state index is 14.2. The molecule has 2 aromatic carbocycles. The average Bonchev–Trinajstić information content (AvgIpc) is 2.78. The van der Waals surface area contributed by atoms with Gasteiger partial charge in [0.1, 0.15) is 11.3 Å². The highest BCUT2D eigenvalue weighted by Crippen LogP contribution is 2.41. The van der Waals surface area contributed by atoms with Crippen LogP contribution in [0.5, 0.6) is 17.2 Å². The molecule has 6 nitrogen and oxygen atoms in total. The molecule has 1 aromatic heterocycles. The minimum Gasteiger partial charge on any atom is -0.507 e. The van der Waals surface area contributed by atoms with E-state index >= 15 is 0 Å². The molecule has 0 unspecified atom stereocenters. The van der Waals surface area contributed by atoms with Crippen LogP contribution in [0.1, 0.15) is 39.0 Å². The largest absolute Gasteiger partial charge is 0.507 e. The summed E-state index contributed by atoms with van der Waals surface area (Å²) in [5.41, 5.74) is -1.62. The highest BCUT2D eigenvalue weighted by atomic mass is 19.4. The van der Waals surface area contributed by atoms with Gasteiger partial charge in [0.05, 0.1) is 30.7 Å². The fourth-order valence-electron chi connectivity index (χ4n) is 4.37. The molecule has 0 aliphatic heterocycles. The van der Waals surface area contributed by atoms with Gasteiger partial charge in [0.25, 0.3) is 0 Å². The summed E-state index contributed by atoms with van der Waals surface area (Å²) in [6, 6.07) is 6.70. The number of phenols is 1. The van der Waals surface area contributed by atoms with E-state index in [1.54, 1.807) is 0 Å². The van der Waals surface area contributed by atoms with Crippen molar-refractivity contribution in [2.75, 3.05) is 27.3 Å². The third kappa shape index (κ3) is 5.78. The van der Waals surface area contributed by atoms with Gasteiger partial charge in [-0.15, -0.1) is 0 Å². The van der Waals surface area contributed by atoms with Crippen LogP contribution in [-0.4, -0.2) is 37.3 Å². The lowest BCUT2D eigenvalue weighted by Gasteiger charge is -2.27. The molecule has 3 rings (SSSR count). The molecular weight excluding hydrogens is 475 g/mol. The summed E-state index contributed by atoms with van der Waals surface area (Å²) in [6.07, 6.45) is -4.96. The third-order valence-electron chi connectivity index (χ3n) is 5.70. The molecule has 0 atom stereocenters. The maximum Gasteiger partial charge on any atom is 0.450 e. The van der Waals surface area contributed by atoms with Crippen molar-refractivity contribution in [2.45, 2.75) is 40.4 Å². The van der Waals surface area contributed by atoms with Gasteiger partial charge in [0.15, 0.2) is 11.5 Å². The van der Waals surface area contributed by atoms with Gasteiger partial charge in [-0.2, -0.15) is 13.2 Å². The number of benzene rings is 2. The maximum absolute atomic E-state index is 14.2. The molecular formula is C27H32F3NO5. The second-order valence-corrected chi connectivity index (χ2v) is 9.62. The zero-order chi connectivity index (χ0) is 26.8. The van der Waals surface area contributed by atoms with Gasteiger partial charge < -0.3 is 19.0 Å². The van der Waals surface area contributed by atoms with Crippen molar-refractivity contribution in [3.63, 3.8) is 0 Å². The minimum atomic E-state index is -4.96. The number of aromatic hydroxyl groups is 1. The SMILES string of the molecule is COc1ccc(-c2c(C(F)(F)F)oc3c(CN(CC(C)C)CC(C)C)c(O)ccc3c2=O)cc1OC. The number of ether oxygens (including phenoxy) is 2. The molecule has 0 fully saturated rings. The van der Waals surface area contributed by atoms with Gasteiger partial charge in [0, 0.05) is 19.6 Å². The number of nitrogens with zero attached hydrogens (tertiary/aromatic N) is 1. The zero-order valence-electron chi connectivity index (χ0n) is 21.3. The Kier molecular flexibility index (Phi) is 8.23. The van der Waals surface area contributed by atoms with Gasteiger partial charge in [0.2, 0.25) is 11.2 Å². The zero-order valence-corrected chi connectivity index (χ0v) is 21.3. The summed E-state index contributed by atoms with van der Waals surface area (Å²) in [4.78, 5) is 15.6. The van der Waals surface area contributed by atoms with E-state index < -0.39 is 22.9 Å². The second-order valence-electron chi connectivity index (χ2n) is 9.62. The van der Waals surface area contributed by atoms with E-state index in [1.807, 2.05) is 32.6 Å². The average molecular weight is 508 g/mol. The van der Waals surface area contributed by atoms with E-state index in [9.17, 15) is 23.1 Å². The molecule has 196 valence electrons. The quantitative estimate of drug-likeness (QED) is 0.366. The molecule has 0 saturated heterocycles. The fourth-order valence-corrected chi connectivity index (χ4v) is 4.37. The van der Waals surface area contributed by atoms with E-state index in [1.165, 1.54) is 44.6 Å². The number of phenolic OH excluding ortho intramolecular Hbond substituents is 1. The molecule has 0 bridgehead atoms. The summed E-state index contributed by atoms with van der Waals surface area (Å²) >= 11 is 0. The molecule has 1 heterocycles. The lowest BCUT2D eigenvalue weighted by Crippen LogP contribution is -2.31. The molecule has 0 radical (unpaired) electrons. The Hall–Kier alpha value is -3.20. The molecule has 0 saturated carbocycles. The van der Waals surface area contributed by atoms with Crippen LogP contribution in [0.15, 0.2) is 39.5 Å². The molecule has 0 aliphatic carbocycles. The Bertz CT molecular complexity index is 1270. The number of methoxy groups -OCH3 is 2. The van der Waals surface area contributed by atoms with Gasteiger partial charge >= 0.3 is 6.18 Å². The van der Waals surface area contributed by atoms with Crippen molar-refractivity contribution in [3.05, 3.63) is 51.9 Å². The Labute approximate surface area is 208 Å². The van der Waals surface area contributed by atoms with Crippen LogP contribution < -0.4 is 14.9 Å². The van der Waals surface area contributed by atoms with Crippen LogP contribution in [0, 0.1) is 11.8 Å². The van der Waals surface area contributed by atoms with Gasteiger partial charge in [-0.25, -0.2) is 0 Å². The lowest BCUT2D eigenvalue weighted by molar-refractivity contribution is -0.152. The molecule has 1 N–H and O–H groups in total. The minimum absolute atomic E-state index is 0.0218. The molecule has 0 spiro atoms. The van der Waals surface area contributed by atoms with E-state index in [0.29, 0.717) is 18.8 Å². The normalized spacial score (nSPS) is 12.2. The Morgan fingerprint density at radius 2 is 1.58 bits per heavy atom. The Morgan fingerprint density at radius 1 is 0.972 bits per heavy atom. The van der Waals surface area contributed by atoms with Crippen molar-refractivity contribution < 1.29 is 32.2 Å². The smallest absolute Gasteiger partial charge is 0.450 e. The Morgan fingerprint density at radius 3 is 2.11 bits per heavy atom. The topological polar surface area (TPSA) is 72.1 Å². The monoisotopic (exact) mass is 507 g/mol. The predicted octanol–water partition coefficient (Wildman–Crippen LogP) is 6.32. The van der Waals surface area contributed by atoms with Crippen LogP contribution >= 0.6 is 0 Å². The Balaban J connectivity index is 2.30. The van der Waals surface area contributed by atoms with Crippen molar-refractivity contribution in [2.24, 2.45) is 11.8 Å². The number of alkyl halides is 3. The van der Waals surface area contributed by atoms with Gasteiger partial charge in [-0.3, -0.25) is 9.69 Å². The molecule has 3 aromatic rings. The van der Waals surface area contributed by atoms with Crippen LogP contribution in [0.3, 0.4) is 0 Å². The van der Waals surface area contributed by atoms with Crippen LogP contribution in [0.2, 0.25) is 0 Å². The number of hydrogen-bond acceptors (Lipinski definition) is 6. The van der Waals surface area contributed by atoms with Gasteiger partial charge in [-0.05, 0) is 41.7 Å². The first kappa shape index (κ1) is 27.4. The molecule has 9 heteroatoms. The van der Waals surface area contributed by atoms with Crippen molar-refractivity contribution in [1.82, 2.24) is 4.90 Å². The van der Waals surface area contributed by atoms with E-state index in [-0.39, 0.29) is 52.0 Å². The number of hydrogen-bond donors (Lipinski definition) is 1. The molecule has 0 aliphatic rings. The number of rotatable bonds is 9. The molecule has 36 heavy (non-hydrogen) atoms. The van der Waals surface area contributed by atoms with E-state index in [4.69, 9.17) is 13.9 Å². The summed E-state index contributed by atoms with van der Waals surface area (Å²) in [5.74, 6) is -0.603. The second kappa shape index (κ2) is 10.8. The fraction of sp³-hybridized carbons (Fsp3) is 0.444. The lowest BCUT2D eigenvalue weighted by atomic mass is 9.99. The number of halogens is 3. The summed E-state index contributed by atoms with van der Waals surface area (Å²) in [5, 5.41) is 10.6. The molecule has 0 amide bonds. The standard InChI is InChI=1S/C27H32F3NO5/c1-15(2)12-31(13-16(3)4)14-19-20(32)9-8-18-24(33)23(26(27(28,29)30)36-25(18)19)17-7-10-21(34-5)22(11-17)35-6/h7-11,15-16,32H,12-14H2,1-6H3. The first-order chi connectivity index (χ1) is 16.9. The third-order valence-corrected chi connectivity index (χ3v) is 5.70. The van der Waals surface area contributed by atoms with Crippen LogP contribution in [0.25, 0.3) is 22.1 Å². The first-order valence-electron chi connectivity index (χ1n) is 11.7. The van der Waals surface area contributed by atoms with Gasteiger partial charge in [-0.1, -0.05) is 33.8 Å². The van der Waals surface area contributed by atoms with E-state index in [2.05, 4.69) is 0 Å². The predicted molar refractivity (Wildman–Crippen MR) is 133 cm³/mol. The van der Waals surface area contributed by atoms with E-state index in [0.717, 1.165) is 0 Å².